The van der Waals surface area contributed by atoms with Crippen LogP contribution in [0.2, 0.25) is 0 Å². The highest BCUT2D eigenvalue weighted by molar-refractivity contribution is 5.98. The molecule has 2 fully saturated rings. The number of nitrogens with one attached hydrogen (secondary N) is 1. The van der Waals surface area contributed by atoms with Gasteiger partial charge in [-0.2, -0.15) is 0 Å². The van der Waals surface area contributed by atoms with Crippen LogP contribution in [-0.4, -0.2) is 47.6 Å². The normalized spacial score (nSPS) is 21.4. The number of likely N-dealkylation sites (tertiary alicyclic amines) is 1. The third-order valence-corrected chi connectivity index (χ3v) is 4.14. The maximum absolute atomic E-state index is 12.3. The lowest BCUT2D eigenvalue weighted by Crippen LogP contribution is -2.29. The van der Waals surface area contributed by atoms with E-state index in [-0.39, 0.29) is 24.3 Å². The molecule has 112 valence electrons. The van der Waals surface area contributed by atoms with Gasteiger partial charge in [0.15, 0.2) is 0 Å². The van der Waals surface area contributed by atoms with Crippen molar-refractivity contribution in [2.75, 3.05) is 19.7 Å². The molecule has 1 heterocycles. The van der Waals surface area contributed by atoms with E-state index < -0.39 is 0 Å². The number of carbonyl (C=O) groups excluding carboxylic acids is 2. The summed E-state index contributed by atoms with van der Waals surface area (Å²) in [5.41, 5.74) is 1.18. The lowest BCUT2D eigenvalue weighted by atomic mass is 10.1. The smallest absolute Gasteiger partial charge is 0.253 e. The third-order valence-electron chi connectivity index (χ3n) is 4.14. The number of aliphatic hydroxyl groups excluding tert-OH is 1. The molecule has 3 rings (SSSR count). The summed E-state index contributed by atoms with van der Waals surface area (Å²) in [5.74, 6) is 0.0932. The lowest BCUT2D eigenvalue weighted by Gasteiger charge is -2.16. The molecule has 2 amide bonds. The highest BCUT2D eigenvalue weighted by Gasteiger charge is 2.27. The van der Waals surface area contributed by atoms with Crippen molar-refractivity contribution in [3.8, 4) is 0 Å². The summed E-state index contributed by atoms with van der Waals surface area (Å²) in [5, 5.41) is 12.1. The molecule has 0 aromatic heterocycles. The third kappa shape index (κ3) is 3.24. The fourth-order valence-electron chi connectivity index (χ4n) is 2.61. The Hall–Kier alpha value is -1.88. The summed E-state index contributed by atoms with van der Waals surface area (Å²) in [4.78, 5) is 26.0. The molecule has 1 saturated heterocycles. The molecule has 21 heavy (non-hydrogen) atoms. The van der Waals surface area contributed by atoms with E-state index in [9.17, 15) is 9.59 Å². The lowest BCUT2D eigenvalue weighted by molar-refractivity contribution is 0.0781. The molecule has 1 aromatic rings. The van der Waals surface area contributed by atoms with Crippen LogP contribution in [0.15, 0.2) is 24.3 Å². The van der Waals surface area contributed by atoms with E-state index in [4.69, 9.17) is 5.11 Å². The number of aliphatic hydroxyl groups is 1. The van der Waals surface area contributed by atoms with Gasteiger partial charge < -0.3 is 15.3 Å². The minimum absolute atomic E-state index is 0.0277. The molecule has 2 N–H and O–H groups in total. The minimum atomic E-state index is -0.0713. The van der Waals surface area contributed by atoms with Crippen LogP contribution in [0.5, 0.6) is 0 Å². The topological polar surface area (TPSA) is 69.6 Å². The van der Waals surface area contributed by atoms with Gasteiger partial charge in [0, 0.05) is 42.8 Å². The van der Waals surface area contributed by atoms with Crippen molar-refractivity contribution in [2.24, 2.45) is 5.92 Å². The Morgan fingerprint density at radius 2 is 1.81 bits per heavy atom. The van der Waals surface area contributed by atoms with Crippen LogP contribution in [-0.2, 0) is 0 Å². The second-order valence-electron chi connectivity index (χ2n) is 5.91. The van der Waals surface area contributed by atoms with Crippen LogP contribution in [0.25, 0.3) is 0 Å². The SMILES string of the molecule is O=C(NC1CC1)c1ccc(C(=O)N2CCC(CO)C2)cc1. The Balaban J connectivity index is 1.63. The van der Waals surface area contributed by atoms with Gasteiger partial charge >= 0.3 is 0 Å². The molecule has 1 aromatic carbocycles. The first-order chi connectivity index (χ1) is 10.2. The molecule has 1 aliphatic heterocycles. The molecular weight excluding hydrogens is 268 g/mol. The summed E-state index contributed by atoms with van der Waals surface area (Å²) in [7, 11) is 0. The maximum atomic E-state index is 12.3. The molecule has 1 atom stereocenters. The van der Waals surface area contributed by atoms with Crippen molar-refractivity contribution >= 4 is 11.8 Å². The first-order valence-corrected chi connectivity index (χ1v) is 7.48. The summed E-state index contributed by atoms with van der Waals surface area (Å²) in [6.07, 6.45) is 2.97. The second-order valence-corrected chi connectivity index (χ2v) is 5.91. The quantitative estimate of drug-likeness (QED) is 0.869. The van der Waals surface area contributed by atoms with Gasteiger partial charge in [-0.25, -0.2) is 0 Å². The Labute approximate surface area is 123 Å². The number of amides is 2. The Morgan fingerprint density at radius 3 is 2.38 bits per heavy atom. The average Bonchev–Trinajstić information content (AvgIpc) is 3.19. The molecule has 1 saturated carbocycles. The van der Waals surface area contributed by atoms with Gasteiger partial charge in [0.25, 0.3) is 11.8 Å². The fourth-order valence-corrected chi connectivity index (χ4v) is 2.61. The van der Waals surface area contributed by atoms with Crippen LogP contribution >= 0.6 is 0 Å². The van der Waals surface area contributed by atoms with Gasteiger partial charge in [0.1, 0.15) is 0 Å². The van der Waals surface area contributed by atoms with E-state index in [1.54, 1.807) is 29.2 Å². The van der Waals surface area contributed by atoms with Crippen LogP contribution in [0.3, 0.4) is 0 Å². The first-order valence-electron chi connectivity index (χ1n) is 7.48. The molecule has 5 heteroatoms. The minimum Gasteiger partial charge on any atom is -0.396 e. The van der Waals surface area contributed by atoms with E-state index in [1.807, 2.05) is 0 Å². The number of hydrogen-bond acceptors (Lipinski definition) is 3. The average molecular weight is 288 g/mol. The van der Waals surface area contributed by atoms with E-state index >= 15 is 0 Å². The van der Waals surface area contributed by atoms with Crippen molar-refractivity contribution < 1.29 is 14.7 Å². The van der Waals surface area contributed by atoms with Gasteiger partial charge in [0.2, 0.25) is 0 Å². The number of benzene rings is 1. The first kappa shape index (κ1) is 14.1. The monoisotopic (exact) mass is 288 g/mol. The van der Waals surface area contributed by atoms with Crippen LogP contribution in [0.1, 0.15) is 40.0 Å². The summed E-state index contributed by atoms with van der Waals surface area (Å²) >= 11 is 0. The number of hydrogen-bond donors (Lipinski definition) is 2. The van der Waals surface area contributed by atoms with Crippen LogP contribution in [0.4, 0.5) is 0 Å². The van der Waals surface area contributed by atoms with E-state index in [2.05, 4.69) is 5.32 Å². The summed E-state index contributed by atoms with van der Waals surface area (Å²) < 4.78 is 0. The molecule has 2 aliphatic rings. The fraction of sp³-hybridized carbons (Fsp3) is 0.500. The molecule has 0 radical (unpaired) electrons. The van der Waals surface area contributed by atoms with Gasteiger partial charge in [0.05, 0.1) is 0 Å². The van der Waals surface area contributed by atoms with Crippen LogP contribution < -0.4 is 5.32 Å². The highest BCUT2D eigenvalue weighted by atomic mass is 16.3. The van der Waals surface area contributed by atoms with Gasteiger partial charge in [-0.1, -0.05) is 0 Å². The standard InChI is InChI=1S/C16H20N2O3/c19-10-11-7-8-18(9-11)16(21)13-3-1-12(2-4-13)15(20)17-14-5-6-14/h1-4,11,14,19H,5-10H2,(H,17,20). The zero-order valence-corrected chi connectivity index (χ0v) is 11.9. The molecule has 1 aliphatic carbocycles. The zero-order chi connectivity index (χ0) is 14.8. The van der Waals surface area contributed by atoms with Crippen molar-refractivity contribution in [3.05, 3.63) is 35.4 Å². The van der Waals surface area contributed by atoms with Gasteiger partial charge in [-0.05, 0) is 43.5 Å². The number of carbonyl (C=O) groups is 2. The van der Waals surface area contributed by atoms with Gasteiger partial charge in [-0.3, -0.25) is 9.59 Å². The molecular formula is C16H20N2O3. The summed E-state index contributed by atoms with van der Waals surface area (Å²) in [6.45, 7) is 1.43. The van der Waals surface area contributed by atoms with Crippen molar-refractivity contribution in [2.45, 2.75) is 25.3 Å². The van der Waals surface area contributed by atoms with E-state index in [1.165, 1.54) is 0 Å². The van der Waals surface area contributed by atoms with E-state index in [0.717, 1.165) is 19.3 Å². The Kier molecular flexibility index (Phi) is 3.92. The Bertz CT molecular complexity index is 537. The molecule has 0 spiro atoms. The molecule has 1 unspecified atom stereocenters. The van der Waals surface area contributed by atoms with Gasteiger partial charge in [-0.15, -0.1) is 0 Å². The zero-order valence-electron chi connectivity index (χ0n) is 11.9. The van der Waals surface area contributed by atoms with Crippen molar-refractivity contribution in [1.82, 2.24) is 10.2 Å². The number of rotatable bonds is 4. The molecule has 0 bridgehead atoms. The second kappa shape index (κ2) is 5.85. The largest absolute Gasteiger partial charge is 0.396 e. The predicted octanol–water partition coefficient (Wildman–Crippen LogP) is 1.03. The summed E-state index contributed by atoms with van der Waals surface area (Å²) in [6, 6.07) is 7.14. The highest BCUT2D eigenvalue weighted by Crippen LogP contribution is 2.20. The van der Waals surface area contributed by atoms with Crippen molar-refractivity contribution in [1.29, 1.82) is 0 Å². The van der Waals surface area contributed by atoms with Crippen LogP contribution in [0, 0.1) is 5.92 Å². The maximum Gasteiger partial charge on any atom is 0.253 e. The van der Waals surface area contributed by atoms with Crippen molar-refractivity contribution in [3.63, 3.8) is 0 Å². The Morgan fingerprint density at radius 1 is 1.14 bits per heavy atom. The van der Waals surface area contributed by atoms with E-state index in [0.29, 0.717) is 30.3 Å². The predicted molar refractivity (Wildman–Crippen MR) is 78.0 cm³/mol. The number of nitrogens with zero attached hydrogens (tertiary/aromatic N) is 1. The molecule has 5 nitrogen and oxygen atoms in total.